The molecule has 180 valence electrons. The summed E-state index contributed by atoms with van der Waals surface area (Å²) in [7, 11) is 0. The highest BCUT2D eigenvalue weighted by Gasteiger charge is 2.53. The van der Waals surface area contributed by atoms with E-state index in [2.05, 4.69) is 9.97 Å². The Morgan fingerprint density at radius 2 is 1.31 bits per heavy atom. The van der Waals surface area contributed by atoms with Crippen LogP contribution in [0.3, 0.4) is 0 Å². The van der Waals surface area contributed by atoms with E-state index in [-0.39, 0.29) is 11.1 Å². The van der Waals surface area contributed by atoms with Crippen LogP contribution in [0.4, 0.5) is 13.2 Å². The first-order valence-corrected chi connectivity index (χ1v) is 11.5. The number of hydrogen-bond donors (Lipinski definition) is 0. The Kier molecular flexibility index (Phi) is 4.77. The summed E-state index contributed by atoms with van der Waals surface area (Å²) in [4.78, 5) is 8.82. The fourth-order valence-corrected chi connectivity index (χ4v) is 4.84. The van der Waals surface area contributed by atoms with Crippen LogP contribution in [0.5, 0.6) is 0 Å². The first-order chi connectivity index (χ1) is 17.1. The standard InChI is InChI=1S/C29H21F3N2O2/c1-16-8-11-22(21-7-5-4-6-20(16)21)27-34-24-15-19(10-13-26(24)36-27)28(3,29(30,31)32)18-9-12-25-23(14-18)33-17(2)35-25/h4-15H,1-3H3. The van der Waals surface area contributed by atoms with Crippen LogP contribution in [0, 0.1) is 13.8 Å². The van der Waals surface area contributed by atoms with Crippen LogP contribution < -0.4 is 0 Å². The molecule has 2 heterocycles. The van der Waals surface area contributed by atoms with E-state index < -0.39 is 11.6 Å². The maximum Gasteiger partial charge on any atom is 0.402 e. The maximum atomic E-state index is 14.7. The van der Waals surface area contributed by atoms with Gasteiger partial charge in [-0.15, -0.1) is 0 Å². The predicted octanol–water partition coefficient (Wildman–Crippen LogP) is 8.27. The number of halogens is 3. The number of nitrogens with zero attached hydrogens (tertiary/aromatic N) is 2. The molecule has 0 N–H and O–H groups in total. The number of benzene rings is 4. The van der Waals surface area contributed by atoms with Crippen LogP contribution in [0.25, 0.3) is 44.4 Å². The van der Waals surface area contributed by atoms with Gasteiger partial charge in [-0.3, -0.25) is 0 Å². The lowest BCUT2D eigenvalue weighted by Gasteiger charge is -2.33. The lowest BCUT2D eigenvalue weighted by atomic mass is 9.75. The van der Waals surface area contributed by atoms with Crippen LogP contribution in [0.2, 0.25) is 0 Å². The maximum absolute atomic E-state index is 14.7. The molecule has 0 aliphatic heterocycles. The molecule has 4 nitrogen and oxygen atoms in total. The van der Waals surface area contributed by atoms with Crippen molar-refractivity contribution in [2.24, 2.45) is 0 Å². The first kappa shape index (κ1) is 22.3. The van der Waals surface area contributed by atoms with Gasteiger partial charge in [0.2, 0.25) is 5.89 Å². The number of aryl methyl sites for hydroxylation is 2. The average molecular weight is 486 g/mol. The molecule has 0 spiro atoms. The summed E-state index contributed by atoms with van der Waals surface area (Å²) < 4.78 is 55.5. The molecule has 2 aromatic heterocycles. The quantitative estimate of drug-likeness (QED) is 0.253. The van der Waals surface area contributed by atoms with Crippen molar-refractivity contribution in [3.05, 3.63) is 95.4 Å². The van der Waals surface area contributed by atoms with Gasteiger partial charge < -0.3 is 8.83 Å². The van der Waals surface area contributed by atoms with Gasteiger partial charge in [-0.1, -0.05) is 42.5 Å². The molecule has 0 saturated carbocycles. The smallest absolute Gasteiger partial charge is 0.402 e. The molecule has 6 rings (SSSR count). The summed E-state index contributed by atoms with van der Waals surface area (Å²) in [6, 6.07) is 20.7. The minimum absolute atomic E-state index is 0.0654. The Morgan fingerprint density at radius 1 is 0.694 bits per heavy atom. The highest BCUT2D eigenvalue weighted by Crippen LogP contribution is 2.47. The van der Waals surface area contributed by atoms with E-state index >= 15 is 0 Å². The molecule has 1 atom stereocenters. The van der Waals surface area contributed by atoms with Gasteiger partial charge in [0.05, 0.1) is 0 Å². The molecule has 0 aliphatic carbocycles. The Hall–Kier alpha value is -4.13. The van der Waals surface area contributed by atoms with Crippen molar-refractivity contribution in [2.45, 2.75) is 32.4 Å². The van der Waals surface area contributed by atoms with E-state index in [0.717, 1.165) is 21.9 Å². The molecular weight excluding hydrogens is 465 g/mol. The fraction of sp³-hybridized carbons (Fsp3) is 0.172. The normalized spacial score (nSPS) is 14.1. The first-order valence-electron chi connectivity index (χ1n) is 11.5. The summed E-state index contributed by atoms with van der Waals surface area (Å²) in [6.07, 6.45) is -4.58. The topological polar surface area (TPSA) is 52.1 Å². The minimum atomic E-state index is -4.58. The molecule has 6 aromatic rings. The lowest BCUT2D eigenvalue weighted by Crippen LogP contribution is -2.40. The molecule has 0 saturated heterocycles. The van der Waals surface area contributed by atoms with Gasteiger partial charge in [0.25, 0.3) is 0 Å². The molecule has 0 aliphatic rings. The van der Waals surface area contributed by atoms with E-state index in [0.29, 0.717) is 34.0 Å². The van der Waals surface area contributed by atoms with Gasteiger partial charge in [0.15, 0.2) is 17.1 Å². The van der Waals surface area contributed by atoms with Gasteiger partial charge in [-0.25, -0.2) is 9.97 Å². The van der Waals surface area contributed by atoms with Crippen LogP contribution in [0.15, 0.2) is 81.6 Å². The van der Waals surface area contributed by atoms with Crippen molar-refractivity contribution >= 4 is 33.0 Å². The van der Waals surface area contributed by atoms with E-state index in [1.54, 1.807) is 13.0 Å². The van der Waals surface area contributed by atoms with Gasteiger partial charge in [-0.2, -0.15) is 13.2 Å². The Balaban J connectivity index is 1.51. The number of fused-ring (bicyclic) bond motifs is 3. The molecule has 0 fully saturated rings. The number of oxazole rings is 2. The van der Waals surface area contributed by atoms with Crippen LogP contribution >= 0.6 is 0 Å². The van der Waals surface area contributed by atoms with Gasteiger partial charge in [0, 0.05) is 12.5 Å². The van der Waals surface area contributed by atoms with Crippen molar-refractivity contribution in [3.63, 3.8) is 0 Å². The molecule has 36 heavy (non-hydrogen) atoms. The third-order valence-electron chi connectivity index (χ3n) is 6.98. The molecule has 1 unspecified atom stereocenters. The zero-order valence-corrected chi connectivity index (χ0v) is 19.8. The molecule has 7 heteroatoms. The average Bonchev–Trinajstić information content (AvgIpc) is 3.44. The van der Waals surface area contributed by atoms with Gasteiger partial charge in [0.1, 0.15) is 16.4 Å². The third kappa shape index (κ3) is 3.30. The highest BCUT2D eigenvalue weighted by molar-refractivity contribution is 5.97. The van der Waals surface area contributed by atoms with E-state index in [9.17, 15) is 13.2 Å². The minimum Gasteiger partial charge on any atom is -0.441 e. The highest BCUT2D eigenvalue weighted by atomic mass is 19.4. The monoisotopic (exact) mass is 486 g/mol. The van der Waals surface area contributed by atoms with Crippen molar-refractivity contribution in [2.75, 3.05) is 0 Å². The molecule has 4 aromatic carbocycles. The fourth-order valence-electron chi connectivity index (χ4n) is 4.84. The number of aromatic nitrogens is 2. The summed E-state index contributed by atoms with van der Waals surface area (Å²) in [5.41, 5.74) is 1.37. The number of rotatable bonds is 3. The number of alkyl halides is 3. The van der Waals surface area contributed by atoms with Crippen molar-refractivity contribution < 1.29 is 22.0 Å². The second kappa shape index (κ2) is 7.68. The molecule has 0 bridgehead atoms. The lowest BCUT2D eigenvalue weighted by molar-refractivity contribution is -0.173. The van der Waals surface area contributed by atoms with Crippen molar-refractivity contribution in [3.8, 4) is 11.5 Å². The Morgan fingerprint density at radius 3 is 1.97 bits per heavy atom. The predicted molar refractivity (Wildman–Crippen MR) is 133 cm³/mol. The summed E-state index contributed by atoms with van der Waals surface area (Å²) >= 11 is 0. The Bertz CT molecular complexity index is 1780. The van der Waals surface area contributed by atoms with Crippen LogP contribution in [0.1, 0.15) is 29.5 Å². The van der Waals surface area contributed by atoms with E-state index in [1.807, 2.05) is 43.3 Å². The summed E-state index contributed by atoms with van der Waals surface area (Å²) in [6.45, 7) is 4.87. The van der Waals surface area contributed by atoms with Crippen molar-refractivity contribution in [1.29, 1.82) is 0 Å². The zero-order valence-electron chi connectivity index (χ0n) is 19.8. The molecule has 0 amide bonds. The molecule has 0 radical (unpaired) electrons. The van der Waals surface area contributed by atoms with E-state index in [1.165, 1.54) is 37.3 Å². The third-order valence-corrected chi connectivity index (χ3v) is 6.98. The van der Waals surface area contributed by atoms with Crippen LogP contribution in [-0.2, 0) is 5.41 Å². The van der Waals surface area contributed by atoms with Crippen molar-refractivity contribution in [1.82, 2.24) is 9.97 Å². The molecular formula is C29H21F3N2O2. The zero-order chi connectivity index (χ0) is 25.2. The van der Waals surface area contributed by atoms with E-state index in [4.69, 9.17) is 8.83 Å². The second-order valence-electron chi connectivity index (χ2n) is 9.22. The SMILES string of the molecule is Cc1nc2cc(C(C)(c3ccc4oc(-c5ccc(C)c6ccccc56)nc4c3)C(F)(F)F)ccc2o1. The Labute approximate surface area is 204 Å². The summed E-state index contributed by atoms with van der Waals surface area (Å²) in [5, 5.41) is 2.04. The van der Waals surface area contributed by atoms with Gasteiger partial charge in [-0.05, 0) is 71.6 Å². The number of hydrogen-bond acceptors (Lipinski definition) is 4. The van der Waals surface area contributed by atoms with Crippen LogP contribution in [-0.4, -0.2) is 16.1 Å². The summed E-state index contributed by atoms with van der Waals surface area (Å²) in [5.74, 6) is 0.766. The largest absolute Gasteiger partial charge is 0.441 e. The second-order valence-corrected chi connectivity index (χ2v) is 9.22. The van der Waals surface area contributed by atoms with Gasteiger partial charge >= 0.3 is 6.18 Å².